The van der Waals surface area contributed by atoms with Gasteiger partial charge in [-0.25, -0.2) is 13.2 Å². The van der Waals surface area contributed by atoms with Crippen LogP contribution in [-0.4, -0.2) is 44.1 Å². The van der Waals surface area contributed by atoms with E-state index in [0.717, 1.165) is 10.6 Å². The lowest BCUT2D eigenvalue weighted by Crippen LogP contribution is -2.33. The van der Waals surface area contributed by atoms with Crippen LogP contribution >= 0.6 is 11.8 Å². The van der Waals surface area contributed by atoms with Gasteiger partial charge in [-0.05, 0) is 50.2 Å². The Morgan fingerprint density at radius 3 is 2.30 bits per heavy atom. The molecule has 0 aliphatic heterocycles. The number of sulfonamides is 1. The van der Waals surface area contributed by atoms with Gasteiger partial charge in [-0.3, -0.25) is 0 Å². The Hall–Kier alpha value is -2.03. The molecule has 8 heteroatoms. The highest BCUT2D eigenvalue weighted by molar-refractivity contribution is 7.99. The molecule has 2 N–H and O–H groups in total. The van der Waals surface area contributed by atoms with E-state index in [1.165, 1.54) is 16.4 Å². The first-order valence-electron chi connectivity index (χ1n) is 8.61. The van der Waals surface area contributed by atoms with Gasteiger partial charge in [-0.2, -0.15) is 4.31 Å². The molecule has 0 saturated heterocycles. The Bertz CT molecular complexity index is 838. The molecule has 0 unspecified atom stereocenters. The van der Waals surface area contributed by atoms with Crippen molar-refractivity contribution in [2.24, 2.45) is 0 Å². The number of nitrogens with zero attached hydrogens (tertiary/aromatic N) is 1. The van der Waals surface area contributed by atoms with Crippen LogP contribution in [-0.2, 0) is 10.0 Å². The first kappa shape index (κ1) is 21.3. The quantitative estimate of drug-likeness (QED) is 0.517. The van der Waals surface area contributed by atoms with Gasteiger partial charge in [0.1, 0.15) is 0 Å². The normalized spacial score (nSPS) is 11.6. The van der Waals surface area contributed by atoms with E-state index in [1.807, 2.05) is 44.2 Å². The molecule has 2 amide bonds. The maximum Gasteiger partial charge on any atom is 0.319 e. The molecule has 27 heavy (non-hydrogen) atoms. The summed E-state index contributed by atoms with van der Waals surface area (Å²) in [4.78, 5) is 13.3. The summed E-state index contributed by atoms with van der Waals surface area (Å²) in [6, 6.07) is 15.7. The molecule has 6 nitrogen and oxygen atoms in total. The molecule has 0 aromatic heterocycles. The molecule has 0 radical (unpaired) electrons. The molecule has 2 rings (SSSR count). The third-order valence-corrected chi connectivity index (χ3v) is 6.98. The fourth-order valence-electron chi connectivity index (χ4n) is 2.18. The molecular weight excluding hydrogens is 382 g/mol. The van der Waals surface area contributed by atoms with Gasteiger partial charge in [0.25, 0.3) is 0 Å². The van der Waals surface area contributed by atoms with Crippen molar-refractivity contribution in [3.63, 3.8) is 0 Å². The van der Waals surface area contributed by atoms with Crippen LogP contribution in [0.3, 0.4) is 0 Å². The highest BCUT2D eigenvalue weighted by atomic mass is 32.2. The Morgan fingerprint density at radius 2 is 1.70 bits per heavy atom. The van der Waals surface area contributed by atoms with Gasteiger partial charge < -0.3 is 10.6 Å². The van der Waals surface area contributed by atoms with Gasteiger partial charge in [0.15, 0.2) is 0 Å². The van der Waals surface area contributed by atoms with Crippen molar-refractivity contribution in [2.75, 3.05) is 24.7 Å². The zero-order valence-corrected chi connectivity index (χ0v) is 17.3. The number of benzene rings is 2. The number of anilines is 1. The topological polar surface area (TPSA) is 78.5 Å². The van der Waals surface area contributed by atoms with Crippen LogP contribution in [0.15, 0.2) is 64.4 Å². The molecule has 2 aromatic carbocycles. The van der Waals surface area contributed by atoms with Crippen molar-refractivity contribution in [3.8, 4) is 0 Å². The molecule has 0 aliphatic carbocycles. The molecule has 0 atom stereocenters. The van der Waals surface area contributed by atoms with Crippen LogP contribution in [0.5, 0.6) is 0 Å². The molecule has 146 valence electrons. The number of hydrogen-bond donors (Lipinski definition) is 2. The Kier molecular flexibility index (Phi) is 7.70. The van der Waals surface area contributed by atoms with Crippen molar-refractivity contribution < 1.29 is 13.2 Å². The summed E-state index contributed by atoms with van der Waals surface area (Å²) < 4.78 is 26.2. The van der Waals surface area contributed by atoms with E-state index in [2.05, 4.69) is 10.6 Å². The van der Waals surface area contributed by atoms with Crippen molar-refractivity contribution in [2.45, 2.75) is 29.7 Å². The molecule has 0 saturated carbocycles. The SMILES string of the molecule is CC(C)N(C)S(=O)(=O)c1ccc(NC(=O)NCCSc2ccccc2)cc1. The summed E-state index contributed by atoms with van der Waals surface area (Å²) in [5.74, 6) is 0.760. The summed E-state index contributed by atoms with van der Waals surface area (Å²) in [6.45, 7) is 4.15. The van der Waals surface area contributed by atoms with Crippen LogP contribution in [0, 0.1) is 0 Å². The van der Waals surface area contributed by atoms with Gasteiger partial charge in [-0.1, -0.05) is 18.2 Å². The number of thioether (sulfide) groups is 1. The minimum absolute atomic E-state index is 0.132. The minimum Gasteiger partial charge on any atom is -0.337 e. The van der Waals surface area contributed by atoms with Gasteiger partial charge in [0.2, 0.25) is 10.0 Å². The predicted octanol–water partition coefficient (Wildman–Crippen LogP) is 3.63. The monoisotopic (exact) mass is 407 g/mol. The lowest BCUT2D eigenvalue weighted by Gasteiger charge is -2.21. The molecule has 0 bridgehead atoms. The predicted molar refractivity (Wildman–Crippen MR) is 111 cm³/mol. The second kappa shape index (κ2) is 9.77. The summed E-state index contributed by atoms with van der Waals surface area (Å²) in [6.07, 6.45) is 0. The fraction of sp³-hybridized carbons (Fsp3) is 0.316. The van der Waals surface area contributed by atoms with E-state index < -0.39 is 10.0 Å². The minimum atomic E-state index is -3.53. The van der Waals surface area contributed by atoms with E-state index in [1.54, 1.807) is 30.9 Å². The van der Waals surface area contributed by atoms with Crippen LogP contribution in [0.2, 0.25) is 0 Å². The molecule has 0 heterocycles. The van der Waals surface area contributed by atoms with Gasteiger partial charge in [0.05, 0.1) is 4.90 Å². The molecule has 0 aliphatic rings. The van der Waals surface area contributed by atoms with Crippen LogP contribution in [0.4, 0.5) is 10.5 Å². The fourth-order valence-corrected chi connectivity index (χ4v) is 4.34. The summed E-state index contributed by atoms with van der Waals surface area (Å²) in [7, 11) is -1.98. The standard InChI is InChI=1S/C19H25N3O3S2/c1-15(2)22(3)27(24,25)18-11-9-16(10-12-18)21-19(23)20-13-14-26-17-7-5-4-6-8-17/h4-12,15H,13-14H2,1-3H3,(H2,20,21,23). The van der Waals surface area contributed by atoms with Crippen molar-refractivity contribution in [1.82, 2.24) is 9.62 Å². The largest absolute Gasteiger partial charge is 0.337 e. The average molecular weight is 408 g/mol. The van der Waals surface area contributed by atoms with E-state index in [4.69, 9.17) is 0 Å². The maximum atomic E-state index is 12.4. The highest BCUT2D eigenvalue weighted by Gasteiger charge is 2.22. The summed E-state index contributed by atoms with van der Waals surface area (Å²) in [5, 5.41) is 5.49. The molecular formula is C19H25N3O3S2. The maximum absolute atomic E-state index is 12.4. The number of carbonyl (C=O) groups is 1. The van der Waals surface area contributed by atoms with Crippen molar-refractivity contribution >= 4 is 33.5 Å². The van der Waals surface area contributed by atoms with E-state index in [9.17, 15) is 13.2 Å². The van der Waals surface area contributed by atoms with Crippen LogP contribution < -0.4 is 10.6 Å². The Balaban J connectivity index is 1.82. The Morgan fingerprint density at radius 1 is 1.07 bits per heavy atom. The van der Waals surface area contributed by atoms with Gasteiger partial charge >= 0.3 is 6.03 Å². The molecule has 0 fully saturated rings. The number of carbonyl (C=O) groups excluding carboxylic acids is 1. The zero-order valence-electron chi connectivity index (χ0n) is 15.7. The van der Waals surface area contributed by atoms with E-state index in [0.29, 0.717) is 12.2 Å². The number of nitrogens with one attached hydrogen (secondary N) is 2. The van der Waals surface area contributed by atoms with Gasteiger partial charge in [0, 0.05) is 36.0 Å². The number of hydrogen-bond acceptors (Lipinski definition) is 4. The van der Waals surface area contributed by atoms with Crippen molar-refractivity contribution in [3.05, 3.63) is 54.6 Å². The lowest BCUT2D eigenvalue weighted by atomic mass is 10.3. The second-order valence-electron chi connectivity index (χ2n) is 6.18. The zero-order chi connectivity index (χ0) is 19.9. The third-order valence-electron chi connectivity index (χ3n) is 3.92. The highest BCUT2D eigenvalue weighted by Crippen LogP contribution is 2.19. The van der Waals surface area contributed by atoms with Crippen LogP contribution in [0.1, 0.15) is 13.8 Å². The lowest BCUT2D eigenvalue weighted by molar-refractivity contribution is 0.252. The molecule has 0 spiro atoms. The first-order valence-corrected chi connectivity index (χ1v) is 11.0. The van der Waals surface area contributed by atoms with Gasteiger partial charge in [-0.15, -0.1) is 11.8 Å². The van der Waals surface area contributed by atoms with Crippen LogP contribution in [0.25, 0.3) is 0 Å². The second-order valence-corrected chi connectivity index (χ2v) is 9.35. The number of rotatable bonds is 8. The smallest absolute Gasteiger partial charge is 0.319 e. The molecule has 2 aromatic rings. The average Bonchev–Trinajstić information content (AvgIpc) is 2.66. The first-order chi connectivity index (χ1) is 12.8. The summed E-state index contributed by atoms with van der Waals surface area (Å²) in [5.41, 5.74) is 0.536. The number of urea groups is 1. The van der Waals surface area contributed by atoms with Crippen molar-refractivity contribution in [1.29, 1.82) is 0 Å². The summed E-state index contributed by atoms with van der Waals surface area (Å²) >= 11 is 1.66. The van der Waals surface area contributed by atoms with E-state index in [-0.39, 0.29) is 17.0 Å². The number of amides is 2. The Labute approximate surface area is 165 Å². The van der Waals surface area contributed by atoms with E-state index >= 15 is 0 Å². The third kappa shape index (κ3) is 6.27.